The molecule has 0 aliphatic rings. The van der Waals surface area contributed by atoms with Crippen LogP contribution in [0.5, 0.6) is 0 Å². The summed E-state index contributed by atoms with van der Waals surface area (Å²) in [5, 5.41) is 2.70. The molecular formula is C19H21F3N2OS. The molecule has 0 saturated heterocycles. The van der Waals surface area contributed by atoms with Crippen LogP contribution in [0.15, 0.2) is 59.5 Å². The number of nitrogens with zero attached hydrogens (tertiary/aromatic N) is 1. The van der Waals surface area contributed by atoms with Crippen LogP contribution >= 0.6 is 11.8 Å². The maximum Gasteiger partial charge on any atom is 0.446 e. The van der Waals surface area contributed by atoms with Crippen LogP contribution in [0.4, 0.5) is 13.2 Å². The van der Waals surface area contributed by atoms with Crippen LogP contribution in [0.3, 0.4) is 0 Å². The summed E-state index contributed by atoms with van der Waals surface area (Å²) in [4.78, 5) is 14.2. The van der Waals surface area contributed by atoms with Gasteiger partial charge in [0.25, 0.3) is 5.91 Å². The Labute approximate surface area is 155 Å². The molecule has 2 rings (SSSR count). The van der Waals surface area contributed by atoms with Crippen molar-refractivity contribution in [2.75, 3.05) is 20.1 Å². The third-order valence-electron chi connectivity index (χ3n) is 3.65. The molecule has 0 radical (unpaired) electrons. The van der Waals surface area contributed by atoms with Gasteiger partial charge in [-0.3, -0.25) is 4.79 Å². The van der Waals surface area contributed by atoms with E-state index in [1.165, 1.54) is 23.8 Å². The van der Waals surface area contributed by atoms with Crippen molar-refractivity contribution in [2.45, 2.75) is 23.4 Å². The Morgan fingerprint density at radius 1 is 1.08 bits per heavy atom. The van der Waals surface area contributed by atoms with Crippen molar-refractivity contribution in [1.82, 2.24) is 10.2 Å². The Morgan fingerprint density at radius 3 is 2.42 bits per heavy atom. The Morgan fingerprint density at radius 2 is 1.73 bits per heavy atom. The summed E-state index contributed by atoms with van der Waals surface area (Å²) in [5.74, 6) is -0.483. The molecule has 26 heavy (non-hydrogen) atoms. The van der Waals surface area contributed by atoms with E-state index in [1.54, 1.807) is 6.07 Å². The van der Waals surface area contributed by atoms with E-state index in [-0.39, 0.29) is 22.2 Å². The fraction of sp³-hybridized carbons (Fsp3) is 0.316. The maximum atomic E-state index is 12.6. The van der Waals surface area contributed by atoms with Crippen LogP contribution in [0.1, 0.15) is 22.3 Å². The van der Waals surface area contributed by atoms with E-state index >= 15 is 0 Å². The molecule has 0 atom stereocenters. The molecule has 2 aromatic carbocycles. The van der Waals surface area contributed by atoms with E-state index < -0.39 is 11.4 Å². The van der Waals surface area contributed by atoms with Gasteiger partial charge in [0.15, 0.2) is 0 Å². The van der Waals surface area contributed by atoms with Crippen molar-refractivity contribution >= 4 is 17.7 Å². The van der Waals surface area contributed by atoms with Crippen molar-refractivity contribution in [2.24, 2.45) is 0 Å². The zero-order chi connectivity index (χ0) is 19.0. The molecule has 0 aromatic heterocycles. The average Bonchev–Trinajstić information content (AvgIpc) is 2.58. The fourth-order valence-corrected chi connectivity index (χ4v) is 3.15. The number of rotatable bonds is 8. The first-order valence-electron chi connectivity index (χ1n) is 8.20. The van der Waals surface area contributed by atoms with Crippen LogP contribution in [-0.2, 0) is 6.54 Å². The average molecular weight is 382 g/mol. The normalized spacial score (nSPS) is 11.6. The van der Waals surface area contributed by atoms with Gasteiger partial charge in [0.1, 0.15) is 0 Å². The number of halogens is 3. The van der Waals surface area contributed by atoms with Crippen LogP contribution in [-0.4, -0.2) is 36.5 Å². The second-order valence-corrected chi connectivity index (χ2v) is 6.98. The first-order chi connectivity index (χ1) is 12.3. The zero-order valence-corrected chi connectivity index (χ0v) is 15.2. The van der Waals surface area contributed by atoms with E-state index in [2.05, 4.69) is 10.2 Å². The summed E-state index contributed by atoms with van der Waals surface area (Å²) in [6, 6.07) is 15.8. The van der Waals surface area contributed by atoms with Crippen LogP contribution < -0.4 is 5.32 Å². The van der Waals surface area contributed by atoms with Crippen LogP contribution in [0, 0.1) is 0 Å². The Hall–Kier alpha value is -1.99. The van der Waals surface area contributed by atoms with Crippen molar-refractivity contribution in [3.8, 4) is 0 Å². The lowest BCUT2D eigenvalue weighted by Crippen LogP contribution is -2.28. The van der Waals surface area contributed by atoms with Crippen molar-refractivity contribution in [1.29, 1.82) is 0 Å². The molecule has 140 valence electrons. The Bertz CT molecular complexity index is 707. The van der Waals surface area contributed by atoms with E-state index in [9.17, 15) is 18.0 Å². The standard InChI is InChI=1S/C19H21F3N2OS/c1-24(14-15-8-3-2-4-9-15)13-7-12-23-18(25)16-10-5-6-11-17(16)26-19(20,21)22/h2-6,8-11H,7,12-14H2,1H3,(H,23,25). The minimum Gasteiger partial charge on any atom is -0.352 e. The fourth-order valence-electron chi connectivity index (χ4n) is 2.49. The molecule has 0 saturated carbocycles. The molecular weight excluding hydrogens is 361 g/mol. The first-order valence-corrected chi connectivity index (χ1v) is 9.02. The quantitative estimate of drug-likeness (QED) is 0.537. The first kappa shape index (κ1) is 20.3. The molecule has 7 heteroatoms. The summed E-state index contributed by atoms with van der Waals surface area (Å²) in [7, 11) is 1.99. The Balaban J connectivity index is 1.78. The Kier molecular flexibility index (Phi) is 7.53. The molecule has 3 nitrogen and oxygen atoms in total. The van der Waals surface area contributed by atoms with Gasteiger partial charge in [-0.2, -0.15) is 13.2 Å². The predicted octanol–water partition coefficient (Wildman–Crippen LogP) is 4.55. The van der Waals surface area contributed by atoms with Crippen molar-refractivity contribution < 1.29 is 18.0 Å². The number of thioether (sulfide) groups is 1. The van der Waals surface area contributed by atoms with Gasteiger partial charge in [-0.1, -0.05) is 42.5 Å². The largest absolute Gasteiger partial charge is 0.446 e. The summed E-state index contributed by atoms with van der Waals surface area (Å²) < 4.78 is 37.8. The number of carbonyl (C=O) groups excluding carboxylic acids is 1. The van der Waals surface area contributed by atoms with Crippen molar-refractivity contribution in [3.63, 3.8) is 0 Å². The molecule has 0 aliphatic heterocycles. The number of alkyl halides is 3. The van der Waals surface area contributed by atoms with Gasteiger partial charge in [0.05, 0.1) is 5.56 Å². The monoisotopic (exact) mass is 382 g/mol. The molecule has 0 unspecified atom stereocenters. The number of benzene rings is 2. The number of hydrogen-bond acceptors (Lipinski definition) is 3. The van der Waals surface area contributed by atoms with Gasteiger partial charge < -0.3 is 10.2 Å². The molecule has 0 spiro atoms. The summed E-state index contributed by atoms with van der Waals surface area (Å²) in [6.45, 7) is 1.98. The molecule has 2 aromatic rings. The van der Waals surface area contributed by atoms with Crippen LogP contribution in [0.25, 0.3) is 0 Å². The predicted molar refractivity (Wildman–Crippen MR) is 98.1 cm³/mol. The summed E-state index contributed by atoms with van der Waals surface area (Å²) >= 11 is -0.268. The van der Waals surface area contributed by atoms with Gasteiger partial charge >= 0.3 is 5.51 Å². The smallest absolute Gasteiger partial charge is 0.352 e. The molecule has 0 aliphatic carbocycles. The highest BCUT2D eigenvalue weighted by atomic mass is 32.2. The van der Waals surface area contributed by atoms with Crippen LogP contribution in [0.2, 0.25) is 0 Å². The van der Waals surface area contributed by atoms with Crippen molar-refractivity contribution in [3.05, 3.63) is 65.7 Å². The van der Waals surface area contributed by atoms with Gasteiger partial charge in [-0.25, -0.2) is 0 Å². The van der Waals surface area contributed by atoms with E-state index in [0.717, 1.165) is 13.1 Å². The maximum absolute atomic E-state index is 12.6. The minimum atomic E-state index is -4.42. The molecule has 0 fully saturated rings. The second kappa shape index (κ2) is 9.64. The minimum absolute atomic E-state index is 0.0486. The lowest BCUT2D eigenvalue weighted by molar-refractivity contribution is -0.0328. The van der Waals surface area contributed by atoms with Gasteiger partial charge in [0, 0.05) is 18.0 Å². The zero-order valence-electron chi connectivity index (χ0n) is 14.4. The van der Waals surface area contributed by atoms with Gasteiger partial charge in [-0.15, -0.1) is 0 Å². The topological polar surface area (TPSA) is 32.3 Å². The third-order valence-corrected chi connectivity index (χ3v) is 4.46. The molecule has 0 bridgehead atoms. The molecule has 1 N–H and O–H groups in total. The second-order valence-electron chi connectivity index (χ2n) is 5.88. The SMILES string of the molecule is CN(CCCNC(=O)c1ccccc1SC(F)(F)F)Cc1ccccc1. The van der Waals surface area contributed by atoms with E-state index in [1.807, 2.05) is 37.4 Å². The van der Waals surface area contributed by atoms with E-state index in [4.69, 9.17) is 0 Å². The summed E-state index contributed by atoms with van der Waals surface area (Å²) in [6.07, 6.45) is 0.712. The number of nitrogens with one attached hydrogen (secondary N) is 1. The highest BCUT2D eigenvalue weighted by molar-refractivity contribution is 8.00. The lowest BCUT2D eigenvalue weighted by atomic mass is 10.2. The highest BCUT2D eigenvalue weighted by Gasteiger charge is 2.31. The highest BCUT2D eigenvalue weighted by Crippen LogP contribution is 2.38. The third kappa shape index (κ3) is 7.09. The van der Waals surface area contributed by atoms with Gasteiger partial charge in [-0.05, 0) is 49.5 Å². The van der Waals surface area contributed by atoms with Gasteiger partial charge in [0.2, 0.25) is 0 Å². The lowest BCUT2D eigenvalue weighted by Gasteiger charge is -2.17. The summed E-state index contributed by atoms with van der Waals surface area (Å²) in [5.41, 5.74) is -3.17. The number of amides is 1. The molecule has 0 heterocycles. The van der Waals surface area contributed by atoms with E-state index in [0.29, 0.717) is 13.0 Å². The molecule has 1 amide bonds. The number of hydrogen-bond donors (Lipinski definition) is 1. The number of carbonyl (C=O) groups is 1.